The van der Waals surface area contributed by atoms with Crippen molar-refractivity contribution in [2.24, 2.45) is 0 Å². The van der Waals surface area contributed by atoms with E-state index in [9.17, 15) is 5.11 Å². The molecular weight excluding hydrogens is 454 g/mol. The maximum absolute atomic E-state index is 10.8. The maximum atomic E-state index is 10.8. The second kappa shape index (κ2) is 11.3. The topological polar surface area (TPSA) is 97.6 Å². The fourth-order valence-electron chi connectivity index (χ4n) is 3.47. The van der Waals surface area contributed by atoms with E-state index in [2.05, 4.69) is 15.9 Å². The first kappa shape index (κ1) is 24.7. The lowest BCUT2D eigenvalue weighted by Crippen LogP contribution is -2.12. The lowest BCUT2D eigenvalue weighted by atomic mass is 10.1. The van der Waals surface area contributed by atoms with E-state index in [1.807, 2.05) is 68.5 Å². The number of benzene rings is 3. The van der Waals surface area contributed by atoms with E-state index in [4.69, 9.17) is 19.6 Å². The van der Waals surface area contributed by atoms with Crippen LogP contribution in [0.5, 0.6) is 11.5 Å². The van der Waals surface area contributed by atoms with Gasteiger partial charge in [-0.3, -0.25) is 0 Å². The zero-order chi connectivity index (χ0) is 25.5. The molecule has 1 aromatic heterocycles. The zero-order valence-corrected chi connectivity index (χ0v) is 20.4. The molecule has 0 aliphatic heterocycles. The number of nitrogens with zero attached hydrogens (tertiary/aromatic N) is 3. The largest absolute Gasteiger partial charge is 0.507 e. The number of hydrogen-bond acceptors (Lipinski definition) is 7. The maximum Gasteiger partial charge on any atom is 0.167 e. The minimum atomic E-state index is -0.399. The highest BCUT2D eigenvalue weighted by atomic mass is 16.5. The average Bonchev–Trinajstić information content (AvgIpc) is 2.87. The molecule has 1 heterocycles. The van der Waals surface area contributed by atoms with Gasteiger partial charge < -0.3 is 19.7 Å². The van der Waals surface area contributed by atoms with Gasteiger partial charge in [0.05, 0.1) is 12.2 Å². The van der Waals surface area contributed by atoms with Gasteiger partial charge in [-0.2, -0.15) is 0 Å². The smallest absolute Gasteiger partial charge is 0.167 e. The summed E-state index contributed by atoms with van der Waals surface area (Å²) in [6.07, 6.45) is 1.42. The number of aliphatic hydroxyl groups excluding tert-OH is 1. The summed E-state index contributed by atoms with van der Waals surface area (Å²) in [5.41, 5.74) is 4.46. The summed E-state index contributed by atoms with van der Waals surface area (Å²) in [7, 11) is 0. The molecule has 2 N–H and O–H groups in total. The molecular formula is C29H27N3O4. The Morgan fingerprint density at radius 2 is 1.33 bits per heavy atom. The fourth-order valence-corrected chi connectivity index (χ4v) is 3.47. The lowest BCUT2D eigenvalue weighted by molar-refractivity contribution is 0.0750. The number of aryl methyl sites for hydroxylation is 2. The summed E-state index contributed by atoms with van der Waals surface area (Å²) in [4.78, 5) is 14.1. The van der Waals surface area contributed by atoms with Gasteiger partial charge in [0.2, 0.25) is 0 Å². The van der Waals surface area contributed by atoms with Crippen molar-refractivity contribution in [2.75, 3.05) is 13.2 Å². The molecule has 0 aliphatic carbocycles. The minimum absolute atomic E-state index is 0.0103. The molecule has 3 aromatic carbocycles. The monoisotopic (exact) mass is 481 g/mol. The van der Waals surface area contributed by atoms with E-state index in [1.165, 1.54) is 6.07 Å². The quantitative estimate of drug-likeness (QED) is 0.260. The number of aromatic nitrogens is 3. The van der Waals surface area contributed by atoms with E-state index in [-0.39, 0.29) is 19.0 Å². The van der Waals surface area contributed by atoms with Crippen LogP contribution in [-0.2, 0) is 4.74 Å². The Kier molecular flexibility index (Phi) is 7.79. The SMILES string of the molecule is Cc1ccc(-c2nc(-c3ccc(C)cc3)nc(-c3ccc(OCCOC(C)C#CO)cc3O)n2)cc1. The van der Waals surface area contributed by atoms with E-state index in [0.29, 0.717) is 28.8 Å². The molecule has 182 valence electrons. The summed E-state index contributed by atoms with van der Waals surface area (Å²) >= 11 is 0. The first-order valence-electron chi connectivity index (χ1n) is 11.6. The number of hydrogen-bond donors (Lipinski definition) is 2. The molecule has 1 unspecified atom stereocenters. The fraction of sp³-hybridized carbons (Fsp3) is 0.207. The Labute approximate surface area is 210 Å². The molecule has 0 aliphatic rings. The Morgan fingerprint density at radius 3 is 1.86 bits per heavy atom. The van der Waals surface area contributed by atoms with Crippen LogP contribution in [0.2, 0.25) is 0 Å². The highest BCUT2D eigenvalue weighted by Crippen LogP contribution is 2.32. The number of rotatable bonds is 8. The highest BCUT2D eigenvalue weighted by Gasteiger charge is 2.15. The summed E-state index contributed by atoms with van der Waals surface area (Å²) in [5.74, 6) is 4.36. The Morgan fingerprint density at radius 1 is 0.778 bits per heavy atom. The van der Waals surface area contributed by atoms with Crippen molar-refractivity contribution in [3.05, 3.63) is 77.9 Å². The standard InChI is InChI=1S/C29H27N3O4/c1-19-4-8-22(9-5-19)27-30-28(23-10-6-20(2)7-11-23)32-29(31-27)25-13-12-24(18-26(25)34)36-17-16-35-21(3)14-15-33/h4-13,18,21,33-34H,16-17H2,1-3H3. The third-order valence-electron chi connectivity index (χ3n) is 5.45. The Hall–Kier alpha value is -4.41. The van der Waals surface area contributed by atoms with Crippen LogP contribution in [-0.4, -0.2) is 44.5 Å². The third-order valence-corrected chi connectivity index (χ3v) is 5.45. The third kappa shape index (κ3) is 6.17. The van der Waals surface area contributed by atoms with Gasteiger partial charge in [0, 0.05) is 17.2 Å². The molecule has 0 bridgehead atoms. The van der Waals surface area contributed by atoms with Gasteiger partial charge in [0.25, 0.3) is 0 Å². The number of aromatic hydroxyl groups is 1. The van der Waals surface area contributed by atoms with Crippen LogP contribution in [0.1, 0.15) is 18.1 Å². The summed E-state index contributed by atoms with van der Waals surface area (Å²) in [6, 6.07) is 20.9. The van der Waals surface area contributed by atoms with Gasteiger partial charge in [-0.15, -0.1) is 0 Å². The highest BCUT2D eigenvalue weighted by molar-refractivity contribution is 5.70. The number of ether oxygens (including phenoxy) is 2. The van der Waals surface area contributed by atoms with E-state index < -0.39 is 6.10 Å². The molecule has 0 amide bonds. The molecule has 4 rings (SSSR count). The van der Waals surface area contributed by atoms with Crippen LogP contribution in [0.3, 0.4) is 0 Å². The van der Waals surface area contributed by atoms with Crippen molar-refractivity contribution in [2.45, 2.75) is 26.9 Å². The van der Waals surface area contributed by atoms with Crippen molar-refractivity contribution in [1.29, 1.82) is 0 Å². The molecule has 0 saturated carbocycles. The Bertz CT molecular complexity index is 1330. The van der Waals surface area contributed by atoms with Crippen molar-refractivity contribution in [3.63, 3.8) is 0 Å². The van der Waals surface area contributed by atoms with Crippen molar-refractivity contribution in [3.8, 4) is 57.7 Å². The molecule has 36 heavy (non-hydrogen) atoms. The van der Waals surface area contributed by atoms with Crippen molar-refractivity contribution < 1.29 is 19.7 Å². The molecule has 1 atom stereocenters. The van der Waals surface area contributed by atoms with Crippen LogP contribution < -0.4 is 4.74 Å². The summed E-state index contributed by atoms with van der Waals surface area (Å²) < 4.78 is 11.1. The van der Waals surface area contributed by atoms with Crippen LogP contribution in [0.4, 0.5) is 0 Å². The Balaban J connectivity index is 1.63. The van der Waals surface area contributed by atoms with Crippen LogP contribution in [0.25, 0.3) is 34.2 Å². The molecule has 7 heteroatoms. The van der Waals surface area contributed by atoms with Crippen molar-refractivity contribution >= 4 is 0 Å². The summed E-state index contributed by atoms with van der Waals surface area (Å²) in [6.45, 7) is 6.33. The second-order valence-corrected chi connectivity index (χ2v) is 8.33. The minimum Gasteiger partial charge on any atom is -0.507 e. The van der Waals surface area contributed by atoms with Gasteiger partial charge in [-0.25, -0.2) is 15.0 Å². The number of phenols is 1. The number of aliphatic hydroxyl groups is 1. The van der Waals surface area contributed by atoms with E-state index in [0.717, 1.165) is 22.3 Å². The normalized spacial score (nSPS) is 11.4. The molecule has 0 spiro atoms. The van der Waals surface area contributed by atoms with Gasteiger partial charge in [-0.05, 0) is 38.8 Å². The second-order valence-electron chi connectivity index (χ2n) is 8.33. The van der Waals surface area contributed by atoms with Gasteiger partial charge in [-0.1, -0.05) is 59.7 Å². The van der Waals surface area contributed by atoms with Gasteiger partial charge >= 0.3 is 0 Å². The first-order valence-corrected chi connectivity index (χ1v) is 11.6. The van der Waals surface area contributed by atoms with E-state index >= 15 is 0 Å². The first-order chi connectivity index (χ1) is 17.4. The summed E-state index contributed by atoms with van der Waals surface area (Å²) in [5, 5.41) is 19.4. The van der Waals surface area contributed by atoms with Crippen molar-refractivity contribution in [1.82, 2.24) is 15.0 Å². The zero-order valence-electron chi connectivity index (χ0n) is 20.4. The van der Waals surface area contributed by atoms with Gasteiger partial charge in [0.1, 0.15) is 30.3 Å². The average molecular weight is 482 g/mol. The molecule has 0 radical (unpaired) electrons. The van der Waals surface area contributed by atoms with Crippen LogP contribution in [0.15, 0.2) is 66.7 Å². The predicted octanol–water partition coefficient (Wildman–Crippen LogP) is 5.31. The van der Waals surface area contributed by atoms with Crippen LogP contribution >= 0.6 is 0 Å². The van der Waals surface area contributed by atoms with Gasteiger partial charge in [0.15, 0.2) is 17.5 Å². The van der Waals surface area contributed by atoms with Crippen LogP contribution in [0, 0.1) is 25.9 Å². The molecule has 7 nitrogen and oxygen atoms in total. The lowest BCUT2D eigenvalue weighted by Gasteiger charge is -2.12. The number of phenolic OH excluding ortho intramolecular Hbond substituents is 1. The molecule has 4 aromatic rings. The molecule has 0 saturated heterocycles. The van der Waals surface area contributed by atoms with E-state index in [1.54, 1.807) is 19.1 Å². The predicted molar refractivity (Wildman–Crippen MR) is 138 cm³/mol. The molecule has 0 fully saturated rings.